The Morgan fingerprint density at radius 1 is 1.33 bits per heavy atom. The van der Waals surface area contributed by atoms with Gasteiger partial charge in [-0.3, -0.25) is 18.9 Å². The van der Waals surface area contributed by atoms with Crippen molar-refractivity contribution in [2.45, 2.75) is 19.9 Å². The van der Waals surface area contributed by atoms with Gasteiger partial charge in [0.05, 0.1) is 29.2 Å². The lowest BCUT2D eigenvalue weighted by Gasteiger charge is -2.12. The summed E-state index contributed by atoms with van der Waals surface area (Å²) in [5.41, 5.74) is 0.250. The molecule has 0 bridgehead atoms. The van der Waals surface area contributed by atoms with E-state index in [1.807, 2.05) is 13.8 Å². The number of sulfonamides is 1. The number of aldehydes is 1. The van der Waals surface area contributed by atoms with Crippen molar-refractivity contribution in [2.75, 3.05) is 11.0 Å². The Balaban J connectivity index is 2.75. The molecule has 0 saturated heterocycles. The SMILES string of the molecule is CC(C)n1cnc2cc(NS(C)(=O)=O)c(C=O)cc2c1=O. The van der Waals surface area contributed by atoms with Crippen LogP contribution in [-0.4, -0.2) is 30.5 Å². The highest BCUT2D eigenvalue weighted by Crippen LogP contribution is 2.21. The molecule has 0 aliphatic heterocycles. The minimum atomic E-state index is -3.53. The molecule has 1 N–H and O–H groups in total. The summed E-state index contributed by atoms with van der Waals surface area (Å²) in [7, 11) is -3.53. The average Bonchev–Trinajstić information content (AvgIpc) is 2.36. The number of aromatic nitrogens is 2. The molecule has 0 spiro atoms. The van der Waals surface area contributed by atoms with Gasteiger partial charge in [0.1, 0.15) is 0 Å². The summed E-state index contributed by atoms with van der Waals surface area (Å²) in [5, 5.41) is 0.271. The Labute approximate surface area is 121 Å². The Hall–Kier alpha value is -2.22. The van der Waals surface area contributed by atoms with Gasteiger partial charge in [0.25, 0.3) is 5.56 Å². The molecule has 2 aromatic rings. The van der Waals surface area contributed by atoms with Gasteiger partial charge < -0.3 is 0 Å². The first-order chi connectivity index (χ1) is 9.73. The molecule has 21 heavy (non-hydrogen) atoms. The number of hydrogen-bond donors (Lipinski definition) is 1. The van der Waals surface area contributed by atoms with Crippen LogP contribution < -0.4 is 10.3 Å². The van der Waals surface area contributed by atoms with Crippen LogP contribution in [0.25, 0.3) is 10.9 Å². The first kappa shape index (κ1) is 15.2. The van der Waals surface area contributed by atoms with Crippen LogP contribution in [0.4, 0.5) is 5.69 Å². The molecule has 0 radical (unpaired) electrons. The van der Waals surface area contributed by atoms with E-state index in [1.165, 1.54) is 23.0 Å². The van der Waals surface area contributed by atoms with Crippen LogP contribution in [0.5, 0.6) is 0 Å². The maximum atomic E-state index is 12.3. The molecule has 1 aromatic heterocycles. The van der Waals surface area contributed by atoms with Gasteiger partial charge in [-0.15, -0.1) is 0 Å². The van der Waals surface area contributed by atoms with E-state index in [-0.39, 0.29) is 28.2 Å². The molecule has 0 aliphatic carbocycles. The number of rotatable bonds is 4. The molecule has 2 rings (SSSR count). The van der Waals surface area contributed by atoms with Crippen molar-refractivity contribution in [3.63, 3.8) is 0 Å². The second-order valence-electron chi connectivity index (χ2n) is 5.00. The summed E-state index contributed by atoms with van der Waals surface area (Å²) >= 11 is 0. The lowest BCUT2D eigenvalue weighted by Crippen LogP contribution is -2.22. The zero-order valence-corrected chi connectivity index (χ0v) is 12.6. The zero-order chi connectivity index (χ0) is 15.8. The van der Waals surface area contributed by atoms with Crippen molar-refractivity contribution in [1.82, 2.24) is 9.55 Å². The van der Waals surface area contributed by atoms with Crippen molar-refractivity contribution in [3.05, 3.63) is 34.4 Å². The maximum Gasteiger partial charge on any atom is 0.261 e. The number of nitrogens with one attached hydrogen (secondary N) is 1. The van der Waals surface area contributed by atoms with Gasteiger partial charge in [-0.1, -0.05) is 0 Å². The highest BCUT2D eigenvalue weighted by Gasteiger charge is 2.13. The zero-order valence-electron chi connectivity index (χ0n) is 11.8. The fourth-order valence-corrected chi connectivity index (χ4v) is 2.53. The third-order valence-corrected chi connectivity index (χ3v) is 3.52. The smallest absolute Gasteiger partial charge is 0.261 e. The van der Waals surface area contributed by atoms with Gasteiger partial charge in [0.2, 0.25) is 10.0 Å². The standard InChI is InChI=1S/C13H15N3O4S/c1-8(2)16-7-14-12-5-11(15-21(3,19)20)9(6-17)4-10(12)13(16)18/h4-8,15H,1-3H3. The lowest BCUT2D eigenvalue weighted by molar-refractivity contribution is 0.112. The summed E-state index contributed by atoms with van der Waals surface area (Å²) in [5.74, 6) is 0. The quantitative estimate of drug-likeness (QED) is 0.855. The molecule has 0 amide bonds. The number of carbonyl (C=O) groups is 1. The molecule has 0 unspecified atom stereocenters. The summed E-state index contributed by atoms with van der Waals surface area (Å²) in [6, 6.07) is 2.67. The Morgan fingerprint density at radius 3 is 2.52 bits per heavy atom. The van der Waals surface area contributed by atoms with Gasteiger partial charge in [-0.05, 0) is 26.0 Å². The molecule has 1 heterocycles. The molecular formula is C13H15N3O4S. The Kier molecular flexibility index (Phi) is 3.82. The summed E-state index contributed by atoms with van der Waals surface area (Å²) in [6.45, 7) is 3.68. The highest BCUT2D eigenvalue weighted by atomic mass is 32.2. The third-order valence-electron chi connectivity index (χ3n) is 2.93. The van der Waals surface area contributed by atoms with Gasteiger partial charge in [0.15, 0.2) is 6.29 Å². The summed E-state index contributed by atoms with van der Waals surface area (Å²) in [4.78, 5) is 27.6. The Bertz CT molecular complexity index is 869. The largest absolute Gasteiger partial charge is 0.298 e. The first-order valence-electron chi connectivity index (χ1n) is 6.21. The first-order valence-corrected chi connectivity index (χ1v) is 8.10. The van der Waals surface area contributed by atoms with Crippen LogP contribution in [-0.2, 0) is 10.0 Å². The van der Waals surface area contributed by atoms with Crippen molar-refractivity contribution >= 4 is 32.9 Å². The molecule has 8 heteroatoms. The molecule has 0 aliphatic rings. The predicted octanol–water partition coefficient (Wildman–Crippen LogP) is 1.16. The molecule has 7 nitrogen and oxygen atoms in total. The van der Waals surface area contributed by atoms with E-state index in [4.69, 9.17) is 0 Å². The maximum absolute atomic E-state index is 12.3. The number of carbonyl (C=O) groups excluding carboxylic acids is 1. The van der Waals surface area contributed by atoms with E-state index >= 15 is 0 Å². The van der Waals surface area contributed by atoms with Crippen LogP contribution in [0.2, 0.25) is 0 Å². The van der Waals surface area contributed by atoms with Crippen molar-refractivity contribution < 1.29 is 13.2 Å². The van der Waals surface area contributed by atoms with E-state index in [0.717, 1.165) is 6.26 Å². The molecule has 0 fully saturated rings. The van der Waals surface area contributed by atoms with Crippen molar-refractivity contribution in [3.8, 4) is 0 Å². The Morgan fingerprint density at radius 2 is 2.00 bits per heavy atom. The number of benzene rings is 1. The van der Waals surface area contributed by atoms with Crippen LogP contribution in [0.15, 0.2) is 23.3 Å². The van der Waals surface area contributed by atoms with Gasteiger partial charge in [0, 0.05) is 11.6 Å². The normalized spacial score (nSPS) is 11.8. The second kappa shape index (κ2) is 5.28. The van der Waals surface area contributed by atoms with Crippen molar-refractivity contribution in [2.24, 2.45) is 0 Å². The summed E-state index contributed by atoms with van der Waals surface area (Å²) < 4.78 is 26.3. The topological polar surface area (TPSA) is 98.1 Å². The molecule has 0 atom stereocenters. The molecule has 1 aromatic carbocycles. The van der Waals surface area contributed by atoms with E-state index in [1.54, 1.807) is 0 Å². The van der Waals surface area contributed by atoms with Gasteiger partial charge in [-0.2, -0.15) is 0 Å². The second-order valence-corrected chi connectivity index (χ2v) is 6.75. The van der Waals surface area contributed by atoms with E-state index < -0.39 is 10.0 Å². The molecule has 112 valence electrons. The predicted molar refractivity (Wildman–Crippen MR) is 80.2 cm³/mol. The lowest BCUT2D eigenvalue weighted by atomic mass is 10.1. The monoisotopic (exact) mass is 309 g/mol. The van der Waals surface area contributed by atoms with Crippen LogP contribution in [0.3, 0.4) is 0 Å². The summed E-state index contributed by atoms with van der Waals surface area (Å²) in [6.07, 6.45) is 2.88. The van der Waals surface area contributed by atoms with Gasteiger partial charge in [-0.25, -0.2) is 13.4 Å². The highest BCUT2D eigenvalue weighted by molar-refractivity contribution is 7.92. The minimum absolute atomic E-state index is 0.0668. The number of nitrogens with zero attached hydrogens (tertiary/aromatic N) is 2. The minimum Gasteiger partial charge on any atom is -0.298 e. The van der Waals surface area contributed by atoms with Gasteiger partial charge >= 0.3 is 0 Å². The van der Waals surface area contributed by atoms with Crippen molar-refractivity contribution in [1.29, 1.82) is 0 Å². The third kappa shape index (κ3) is 3.10. The van der Waals surface area contributed by atoms with Crippen LogP contribution in [0.1, 0.15) is 30.2 Å². The molecular weight excluding hydrogens is 294 g/mol. The van der Waals surface area contributed by atoms with E-state index in [9.17, 15) is 18.0 Å². The molecule has 0 saturated carbocycles. The average molecular weight is 309 g/mol. The number of fused-ring (bicyclic) bond motifs is 1. The fourth-order valence-electron chi connectivity index (χ4n) is 1.95. The number of hydrogen-bond acceptors (Lipinski definition) is 5. The van der Waals surface area contributed by atoms with Crippen LogP contribution >= 0.6 is 0 Å². The van der Waals surface area contributed by atoms with Crippen LogP contribution in [0, 0.1) is 0 Å². The fraction of sp³-hybridized carbons (Fsp3) is 0.308. The van der Waals surface area contributed by atoms with E-state index in [2.05, 4.69) is 9.71 Å². The number of anilines is 1. The van der Waals surface area contributed by atoms with E-state index in [0.29, 0.717) is 11.8 Å².